The normalized spacial score (nSPS) is 16.7. The summed E-state index contributed by atoms with van der Waals surface area (Å²) in [5, 5.41) is 7.18. The van der Waals surface area contributed by atoms with E-state index < -0.39 is 5.91 Å². The Morgan fingerprint density at radius 2 is 2.26 bits per heavy atom. The summed E-state index contributed by atoms with van der Waals surface area (Å²) < 4.78 is 1.83. The highest BCUT2D eigenvalue weighted by molar-refractivity contribution is 5.94. The number of carbonyl (C=O) groups excluding carboxylic acids is 2. The number of aryl methyl sites for hydroxylation is 2. The highest BCUT2D eigenvalue weighted by Gasteiger charge is 2.24. The predicted molar refractivity (Wildman–Crippen MR) is 86.1 cm³/mol. The molecule has 3 rings (SSSR count). The first kappa shape index (κ1) is 15.3. The number of benzene rings is 1. The van der Waals surface area contributed by atoms with E-state index in [1.807, 2.05) is 35.9 Å². The summed E-state index contributed by atoms with van der Waals surface area (Å²) in [6, 6.07) is 7.52. The molecule has 1 aliphatic heterocycles. The molecule has 0 radical (unpaired) electrons. The molecule has 6 heteroatoms. The highest BCUT2D eigenvalue weighted by Crippen LogP contribution is 2.22. The quantitative estimate of drug-likeness (QED) is 0.891. The molecule has 2 amide bonds. The van der Waals surface area contributed by atoms with Crippen LogP contribution in [0.25, 0.3) is 0 Å². The van der Waals surface area contributed by atoms with Crippen molar-refractivity contribution in [3.05, 3.63) is 52.8 Å². The molecule has 0 spiro atoms. The molecule has 0 saturated heterocycles. The van der Waals surface area contributed by atoms with Gasteiger partial charge in [-0.1, -0.05) is 17.7 Å². The van der Waals surface area contributed by atoms with Crippen LogP contribution in [0.2, 0.25) is 0 Å². The van der Waals surface area contributed by atoms with E-state index in [2.05, 4.69) is 10.4 Å². The number of carbonyl (C=O) groups is 2. The molecular weight excluding hydrogens is 292 g/mol. The van der Waals surface area contributed by atoms with Gasteiger partial charge in [0.1, 0.15) is 0 Å². The standard InChI is InChI=1S/C17H20N4O2/c1-11-3-2-4-13(7-11)17(23)19-9-12-5-6-21-15(8-12)14(10-20-21)16(18)22/h2-4,7,10,12H,5-6,8-9H2,1H3,(H2,18,22)(H,19,23)/t12-/m1/s1. The van der Waals surface area contributed by atoms with E-state index in [9.17, 15) is 9.59 Å². The minimum Gasteiger partial charge on any atom is -0.365 e. The fraction of sp³-hybridized carbons (Fsp3) is 0.353. The maximum Gasteiger partial charge on any atom is 0.252 e. The molecule has 0 unspecified atom stereocenters. The second-order valence-electron chi connectivity index (χ2n) is 6.03. The number of fused-ring (bicyclic) bond motifs is 1. The summed E-state index contributed by atoms with van der Waals surface area (Å²) in [4.78, 5) is 23.6. The Morgan fingerprint density at radius 3 is 3.00 bits per heavy atom. The molecule has 6 nitrogen and oxygen atoms in total. The molecule has 1 aromatic heterocycles. The van der Waals surface area contributed by atoms with E-state index in [0.29, 0.717) is 24.1 Å². The van der Waals surface area contributed by atoms with Gasteiger partial charge in [0.25, 0.3) is 11.8 Å². The third-order valence-corrected chi connectivity index (χ3v) is 4.28. The first-order chi connectivity index (χ1) is 11.0. The van der Waals surface area contributed by atoms with Crippen molar-refractivity contribution in [1.82, 2.24) is 15.1 Å². The summed E-state index contributed by atoms with van der Waals surface area (Å²) in [6.45, 7) is 3.29. The van der Waals surface area contributed by atoms with Crippen LogP contribution in [0.4, 0.5) is 0 Å². The number of hydrogen-bond acceptors (Lipinski definition) is 3. The zero-order valence-electron chi connectivity index (χ0n) is 13.1. The molecule has 1 aromatic carbocycles. The van der Waals surface area contributed by atoms with Crippen molar-refractivity contribution in [3.63, 3.8) is 0 Å². The van der Waals surface area contributed by atoms with Crippen LogP contribution in [-0.2, 0) is 13.0 Å². The molecule has 0 saturated carbocycles. The van der Waals surface area contributed by atoms with E-state index >= 15 is 0 Å². The van der Waals surface area contributed by atoms with Crippen LogP contribution in [0.5, 0.6) is 0 Å². The van der Waals surface area contributed by atoms with Crippen LogP contribution in [0.15, 0.2) is 30.5 Å². The fourth-order valence-corrected chi connectivity index (χ4v) is 3.00. The van der Waals surface area contributed by atoms with E-state index in [1.54, 1.807) is 0 Å². The minimum atomic E-state index is -0.448. The Balaban J connectivity index is 1.62. The maximum absolute atomic E-state index is 12.2. The fourth-order valence-electron chi connectivity index (χ4n) is 3.00. The number of nitrogens with one attached hydrogen (secondary N) is 1. The number of amides is 2. The lowest BCUT2D eigenvalue weighted by Crippen LogP contribution is -2.33. The van der Waals surface area contributed by atoms with Crippen molar-refractivity contribution in [2.75, 3.05) is 6.54 Å². The number of aromatic nitrogens is 2. The Labute approximate surface area is 134 Å². The van der Waals surface area contributed by atoms with Gasteiger partial charge in [-0.15, -0.1) is 0 Å². The van der Waals surface area contributed by atoms with E-state index in [-0.39, 0.29) is 11.8 Å². The number of rotatable bonds is 4. The molecule has 23 heavy (non-hydrogen) atoms. The van der Waals surface area contributed by atoms with Gasteiger partial charge in [-0.3, -0.25) is 14.3 Å². The first-order valence-corrected chi connectivity index (χ1v) is 7.74. The van der Waals surface area contributed by atoms with Crippen molar-refractivity contribution in [2.24, 2.45) is 11.7 Å². The van der Waals surface area contributed by atoms with Gasteiger partial charge in [-0.05, 0) is 37.8 Å². The van der Waals surface area contributed by atoms with Crippen molar-refractivity contribution < 1.29 is 9.59 Å². The van der Waals surface area contributed by atoms with E-state index in [0.717, 1.165) is 24.2 Å². The van der Waals surface area contributed by atoms with Gasteiger partial charge in [0, 0.05) is 18.7 Å². The average molecular weight is 312 g/mol. The van der Waals surface area contributed by atoms with Gasteiger partial charge < -0.3 is 11.1 Å². The Kier molecular flexibility index (Phi) is 4.14. The Morgan fingerprint density at radius 1 is 1.43 bits per heavy atom. The summed E-state index contributed by atoms with van der Waals surface area (Å²) in [7, 11) is 0. The van der Waals surface area contributed by atoms with E-state index in [4.69, 9.17) is 5.73 Å². The number of nitrogens with two attached hydrogens (primary N) is 1. The third-order valence-electron chi connectivity index (χ3n) is 4.28. The highest BCUT2D eigenvalue weighted by atomic mass is 16.2. The molecule has 2 heterocycles. The van der Waals surface area contributed by atoms with Crippen LogP contribution in [-0.4, -0.2) is 28.1 Å². The van der Waals surface area contributed by atoms with Crippen LogP contribution < -0.4 is 11.1 Å². The topological polar surface area (TPSA) is 90.0 Å². The van der Waals surface area contributed by atoms with Gasteiger partial charge in [0.2, 0.25) is 0 Å². The van der Waals surface area contributed by atoms with Crippen molar-refractivity contribution in [2.45, 2.75) is 26.3 Å². The average Bonchev–Trinajstić information content (AvgIpc) is 2.96. The molecule has 0 fully saturated rings. The van der Waals surface area contributed by atoms with Crippen LogP contribution in [0.3, 0.4) is 0 Å². The molecule has 0 aliphatic carbocycles. The smallest absolute Gasteiger partial charge is 0.252 e. The monoisotopic (exact) mass is 312 g/mol. The largest absolute Gasteiger partial charge is 0.365 e. The molecule has 2 aromatic rings. The summed E-state index contributed by atoms with van der Waals surface area (Å²) in [6.07, 6.45) is 3.15. The SMILES string of the molecule is Cc1cccc(C(=O)NC[C@@H]2CCn3ncc(C(N)=O)c3C2)c1. The third kappa shape index (κ3) is 3.26. The zero-order valence-corrected chi connectivity index (χ0v) is 13.1. The summed E-state index contributed by atoms with van der Waals surface area (Å²) in [5.74, 6) is -0.232. The van der Waals surface area contributed by atoms with Crippen molar-refractivity contribution >= 4 is 11.8 Å². The van der Waals surface area contributed by atoms with Gasteiger partial charge in [0.15, 0.2) is 0 Å². The summed E-state index contributed by atoms with van der Waals surface area (Å²) in [5.41, 5.74) is 8.47. The number of hydrogen-bond donors (Lipinski definition) is 2. The Hall–Kier alpha value is -2.63. The van der Waals surface area contributed by atoms with Gasteiger partial charge in [-0.25, -0.2) is 0 Å². The lowest BCUT2D eigenvalue weighted by atomic mass is 9.94. The van der Waals surface area contributed by atoms with Gasteiger partial charge in [0.05, 0.1) is 17.5 Å². The van der Waals surface area contributed by atoms with Gasteiger partial charge >= 0.3 is 0 Å². The van der Waals surface area contributed by atoms with Crippen molar-refractivity contribution in [3.8, 4) is 0 Å². The number of primary amides is 1. The second-order valence-corrected chi connectivity index (χ2v) is 6.03. The maximum atomic E-state index is 12.2. The predicted octanol–water partition coefficient (Wildman–Crippen LogP) is 1.28. The lowest BCUT2D eigenvalue weighted by molar-refractivity contribution is 0.0941. The minimum absolute atomic E-state index is 0.0668. The van der Waals surface area contributed by atoms with Gasteiger partial charge in [-0.2, -0.15) is 5.10 Å². The van der Waals surface area contributed by atoms with E-state index in [1.165, 1.54) is 6.20 Å². The molecule has 1 atom stereocenters. The lowest BCUT2D eigenvalue weighted by Gasteiger charge is -2.24. The Bertz CT molecular complexity index is 751. The van der Waals surface area contributed by atoms with Crippen LogP contribution >= 0.6 is 0 Å². The second kappa shape index (κ2) is 6.24. The summed E-state index contributed by atoms with van der Waals surface area (Å²) >= 11 is 0. The van der Waals surface area contributed by atoms with Crippen molar-refractivity contribution in [1.29, 1.82) is 0 Å². The zero-order chi connectivity index (χ0) is 16.4. The molecule has 0 bridgehead atoms. The first-order valence-electron chi connectivity index (χ1n) is 7.74. The molecule has 3 N–H and O–H groups in total. The van der Waals surface area contributed by atoms with Crippen LogP contribution in [0, 0.1) is 12.8 Å². The van der Waals surface area contributed by atoms with Crippen LogP contribution in [0.1, 0.15) is 38.4 Å². The molecule has 1 aliphatic rings. The molecular formula is C17H20N4O2. The molecule has 120 valence electrons. The number of nitrogens with zero attached hydrogens (tertiary/aromatic N) is 2.